The summed E-state index contributed by atoms with van der Waals surface area (Å²) in [6.45, 7) is 0.104. The van der Waals surface area contributed by atoms with E-state index in [1.807, 2.05) is 30.0 Å². The largest absolute Gasteiger partial charge is 0.310 e. The standard InChI is InChI=1S/C37H20BN3S/c39-21-22-9-1-2-10-24(22)23-19-31-35-32(20-23)41-30-16-5-6-17-33(30)42-34-18-8-14-28(37(34)41)38(35)27-13-7-12-26-25-11-3-4-15-29(25)40(31)36(26)27/h1-20H. The monoisotopic (exact) mass is 549 g/mol. The molecule has 0 bridgehead atoms. The Bertz CT molecular complexity index is 2380. The lowest BCUT2D eigenvalue weighted by atomic mass is 9.33. The molecular weight excluding hydrogens is 529 g/mol. The molecule has 5 heteroatoms. The van der Waals surface area contributed by atoms with Crippen LogP contribution in [0.2, 0.25) is 0 Å². The van der Waals surface area contributed by atoms with Gasteiger partial charge >= 0.3 is 0 Å². The van der Waals surface area contributed by atoms with Crippen LogP contribution in [0.4, 0.5) is 17.1 Å². The zero-order valence-corrected chi connectivity index (χ0v) is 23.2. The summed E-state index contributed by atoms with van der Waals surface area (Å²) in [4.78, 5) is 5.02. The van der Waals surface area contributed by atoms with Crippen LogP contribution in [0.25, 0.3) is 38.6 Å². The molecule has 0 unspecified atom stereocenters. The van der Waals surface area contributed by atoms with E-state index >= 15 is 0 Å². The second-order valence-electron chi connectivity index (χ2n) is 11.2. The summed E-state index contributed by atoms with van der Waals surface area (Å²) in [5, 5.41) is 12.6. The van der Waals surface area contributed by atoms with Crippen molar-refractivity contribution in [3.8, 4) is 22.9 Å². The topological polar surface area (TPSA) is 32.0 Å². The van der Waals surface area contributed by atoms with Crippen LogP contribution in [-0.2, 0) is 0 Å². The second-order valence-corrected chi connectivity index (χ2v) is 12.3. The predicted molar refractivity (Wildman–Crippen MR) is 174 cm³/mol. The van der Waals surface area contributed by atoms with Crippen molar-refractivity contribution in [1.82, 2.24) is 4.57 Å². The Morgan fingerprint density at radius 2 is 1.38 bits per heavy atom. The van der Waals surface area contributed by atoms with E-state index in [-0.39, 0.29) is 6.71 Å². The third-order valence-corrected chi connectivity index (χ3v) is 10.3. The van der Waals surface area contributed by atoms with Gasteiger partial charge in [-0.2, -0.15) is 5.26 Å². The fourth-order valence-electron chi connectivity index (χ4n) is 7.59. The van der Waals surface area contributed by atoms with Gasteiger partial charge in [0.1, 0.15) is 0 Å². The molecule has 0 radical (unpaired) electrons. The molecule has 6 aromatic carbocycles. The molecule has 3 aliphatic heterocycles. The summed E-state index contributed by atoms with van der Waals surface area (Å²) >= 11 is 1.86. The molecule has 4 heterocycles. The Labute approximate surface area is 247 Å². The van der Waals surface area contributed by atoms with Crippen LogP contribution in [0.1, 0.15) is 5.56 Å². The van der Waals surface area contributed by atoms with Gasteiger partial charge in [0.25, 0.3) is 6.71 Å². The highest BCUT2D eigenvalue weighted by Gasteiger charge is 2.44. The molecule has 0 fully saturated rings. The summed E-state index contributed by atoms with van der Waals surface area (Å²) in [6, 6.07) is 46.2. The van der Waals surface area contributed by atoms with Crippen LogP contribution in [-0.4, -0.2) is 11.3 Å². The van der Waals surface area contributed by atoms with Crippen molar-refractivity contribution in [3.05, 3.63) is 127 Å². The summed E-state index contributed by atoms with van der Waals surface area (Å²) in [5.74, 6) is 0. The molecule has 0 N–H and O–H groups in total. The predicted octanol–water partition coefficient (Wildman–Crippen LogP) is 7.40. The number of benzene rings is 6. The molecule has 10 rings (SSSR count). The van der Waals surface area contributed by atoms with E-state index in [4.69, 9.17) is 0 Å². The Morgan fingerprint density at radius 1 is 0.643 bits per heavy atom. The maximum absolute atomic E-state index is 10.1. The first-order valence-electron chi connectivity index (χ1n) is 14.2. The number of hydrogen-bond donors (Lipinski definition) is 0. The van der Waals surface area contributed by atoms with Crippen molar-refractivity contribution in [2.45, 2.75) is 9.79 Å². The molecule has 192 valence electrons. The van der Waals surface area contributed by atoms with Gasteiger partial charge in [0.05, 0.1) is 28.5 Å². The molecule has 3 nitrogen and oxygen atoms in total. The smallest absolute Gasteiger partial charge is 0.252 e. The average Bonchev–Trinajstić information content (AvgIpc) is 3.39. The summed E-state index contributed by atoms with van der Waals surface area (Å²) < 4.78 is 2.48. The highest BCUT2D eigenvalue weighted by Crippen LogP contribution is 2.53. The zero-order valence-electron chi connectivity index (χ0n) is 22.4. The number of fused-ring (bicyclic) bond motifs is 9. The van der Waals surface area contributed by atoms with Crippen molar-refractivity contribution in [3.63, 3.8) is 0 Å². The first kappa shape index (κ1) is 22.5. The van der Waals surface area contributed by atoms with Crippen LogP contribution in [0, 0.1) is 11.3 Å². The number of nitrogens with zero attached hydrogens (tertiary/aromatic N) is 3. The lowest BCUT2D eigenvalue weighted by molar-refractivity contribution is 1.15. The maximum atomic E-state index is 10.1. The van der Waals surface area contributed by atoms with Crippen LogP contribution in [0.15, 0.2) is 131 Å². The summed E-state index contributed by atoms with van der Waals surface area (Å²) in [5.41, 5.74) is 14.1. The first-order chi connectivity index (χ1) is 20.8. The van der Waals surface area contributed by atoms with Gasteiger partial charge in [-0.1, -0.05) is 90.6 Å². The molecule has 0 saturated heterocycles. The van der Waals surface area contributed by atoms with Crippen molar-refractivity contribution in [2.24, 2.45) is 0 Å². The number of nitriles is 1. The van der Waals surface area contributed by atoms with Gasteiger partial charge < -0.3 is 9.47 Å². The van der Waals surface area contributed by atoms with Crippen LogP contribution < -0.4 is 21.3 Å². The second kappa shape index (κ2) is 7.97. The Kier molecular flexibility index (Phi) is 4.27. The fraction of sp³-hybridized carbons (Fsp3) is 0. The first-order valence-corrected chi connectivity index (χ1v) is 15.0. The minimum Gasteiger partial charge on any atom is -0.310 e. The SMILES string of the molecule is N#Cc1ccccc1-c1cc2c3c(c1)-n1c4ccccc4c4cccc(c41)B3c1cccc3c1N2c1ccccc1S3. The minimum atomic E-state index is 0.104. The van der Waals surface area contributed by atoms with E-state index in [0.717, 1.165) is 11.1 Å². The highest BCUT2D eigenvalue weighted by atomic mass is 32.2. The number of anilines is 3. The number of rotatable bonds is 1. The Balaban J connectivity index is 1.43. The maximum Gasteiger partial charge on any atom is 0.252 e. The molecule has 7 aromatic rings. The molecule has 3 aliphatic rings. The van der Waals surface area contributed by atoms with E-state index < -0.39 is 0 Å². The van der Waals surface area contributed by atoms with Crippen molar-refractivity contribution in [1.29, 1.82) is 5.26 Å². The summed E-state index contributed by atoms with van der Waals surface area (Å²) in [6.07, 6.45) is 0. The van der Waals surface area contributed by atoms with Crippen molar-refractivity contribution < 1.29 is 0 Å². The molecule has 1 aromatic heterocycles. The van der Waals surface area contributed by atoms with Gasteiger partial charge in [-0.15, -0.1) is 0 Å². The van der Waals surface area contributed by atoms with Crippen molar-refractivity contribution in [2.75, 3.05) is 4.90 Å². The fourth-order valence-corrected chi connectivity index (χ4v) is 8.69. The van der Waals surface area contributed by atoms with Crippen molar-refractivity contribution >= 4 is 73.7 Å². The molecule has 0 aliphatic carbocycles. The lowest BCUT2D eigenvalue weighted by Gasteiger charge is -2.43. The van der Waals surface area contributed by atoms with Gasteiger partial charge in [-0.3, -0.25) is 0 Å². The molecule has 0 spiro atoms. The molecule has 0 atom stereocenters. The summed E-state index contributed by atoms with van der Waals surface area (Å²) in [7, 11) is 0. The third-order valence-electron chi connectivity index (χ3n) is 9.19. The molecule has 0 amide bonds. The number of para-hydroxylation sites is 4. The Morgan fingerprint density at radius 3 is 2.33 bits per heavy atom. The number of hydrogen-bond acceptors (Lipinski definition) is 3. The molecular formula is C37H20BN3S. The third kappa shape index (κ3) is 2.68. The van der Waals surface area contributed by atoms with Crippen LogP contribution in [0.3, 0.4) is 0 Å². The van der Waals surface area contributed by atoms with E-state index in [9.17, 15) is 5.26 Å². The van der Waals surface area contributed by atoms with Gasteiger partial charge in [-0.25, -0.2) is 0 Å². The van der Waals surface area contributed by atoms with E-state index in [0.29, 0.717) is 5.56 Å². The molecule has 42 heavy (non-hydrogen) atoms. The molecule has 0 saturated carbocycles. The van der Waals surface area contributed by atoms with E-state index in [2.05, 4.69) is 119 Å². The zero-order chi connectivity index (χ0) is 27.5. The Hall–Kier alpha value is -5.18. The average molecular weight is 549 g/mol. The van der Waals surface area contributed by atoms with Gasteiger partial charge in [0, 0.05) is 37.5 Å². The normalized spacial score (nSPS) is 13.5. The van der Waals surface area contributed by atoms with E-state index in [1.165, 1.54) is 70.7 Å². The lowest BCUT2D eigenvalue weighted by Crippen LogP contribution is -2.60. The van der Waals surface area contributed by atoms with Crippen LogP contribution >= 0.6 is 11.8 Å². The quantitative estimate of drug-likeness (QED) is 0.200. The van der Waals surface area contributed by atoms with Crippen LogP contribution in [0.5, 0.6) is 0 Å². The highest BCUT2D eigenvalue weighted by molar-refractivity contribution is 7.99. The number of aromatic nitrogens is 1. The minimum absolute atomic E-state index is 0.104. The van der Waals surface area contributed by atoms with E-state index in [1.54, 1.807) is 0 Å². The van der Waals surface area contributed by atoms with Gasteiger partial charge in [0.15, 0.2) is 0 Å². The van der Waals surface area contributed by atoms with Gasteiger partial charge in [0.2, 0.25) is 0 Å². The van der Waals surface area contributed by atoms with Gasteiger partial charge in [-0.05, 0) is 70.0 Å².